The highest BCUT2D eigenvalue weighted by Crippen LogP contribution is 2.19. The van der Waals surface area contributed by atoms with E-state index in [0.29, 0.717) is 17.3 Å². The number of carbonyl (C=O) groups excluding carboxylic acids is 1. The highest BCUT2D eigenvalue weighted by Gasteiger charge is 2.13. The lowest BCUT2D eigenvalue weighted by Gasteiger charge is -2.27. The molecule has 1 aromatic heterocycles. The minimum atomic E-state index is -0.130. The lowest BCUT2D eigenvalue weighted by atomic mass is 10.1. The first kappa shape index (κ1) is 19.2. The standard InChI is InChI=1S/C21H28N4O2/c1-4-25(16(2)3)19-8-5-17(6-9-19)21(26)23-18-7-10-20(22-15-18)24-11-13-27-14-12-24/h5-10,15-16H,4,11-14H2,1-3H3,(H,23,26). The first-order valence-corrected chi connectivity index (χ1v) is 9.55. The quantitative estimate of drug-likeness (QED) is 0.847. The van der Waals surface area contributed by atoms with Crippen LogP contribution in [-0.2, 0) is 4.74 Å². The Labute approximate surface area is 161 Å². The fraction of sp³-hybridized carbons (Fsp3) is 0.429. The average Bonchev–Trinajstić information content (AvgIpc) is 2.70. The fourth-order valence-electron chi connectivity index (χ4n) is 3.29. The maximum atomic E-state index is 12.5. The van der Waals surface area contributed by atoms with Crippen LogP contribution in [0.2, 0.25) is 0 Å². The van der Waals surface area contributed by atoms with Crippen molar-refractivity contribution >= 4 is 23.1 Å². The van der Waals surface area contributed by atoms with E-state index in [4.69, 9.17) is 4.74 Å². The molecule has 6 heteroatoms. The summed E-state index contributed by atoms with van der Waals surface area (Å²) in [5.74, 6) is 0.782. The molecule has 1 amide bonds. The number of rotatable bonds is 6. The van der Waals surface area contributed by atoms with E-state index in [2.05, 4.69) is 40.9 Å². The Morgan fingerprint density at radius 3 is 2.44 bits per heavy atom. The summed E-state index contributed by atoms with van der Waals surface area (Å²) in [5.41, 5.74) is 2.45. The zero-order valence-corrected chi connectivity index (χ0v) is 16.3. The summed E-state index contributed by atoms with van der Waals surface area (Å²) < 4.78 is 5.36. The SMILES string of the molecule is CCN(c1ccc(C(=O)Nc2ccc(N3CCOCC3)nc2)cc1)C(C)C. The van der Waals surface area contributed by atoms with Crippen LogP contribution in [0, 0.1) is 0 Å². The summed E-state index contributed by atoms with van der Waals surface area (Å²) in [4.78, 5) is 21.4. The van der Waals surface area contributed by atoms with Crippen molar-refractivity contribution in [2.24, 2.45) is 0 Å². The zero-order valence-electron chi connectivity index (χ0n) is 16.3. The maximum absolute atomic E-state index is 12.5. The summed E-state index contributed by atoms with van der Waals surface area (Å²) in [6, 6.07) is 12.0. The van der Waals surface area contributed by atoms with Gasteiger partial charge in [-0.05, 0) is 57.2 Å². The number of nitrogens with zero attached hydrogens (tertiary/aromatic N) is 3. The molecule has 0 radical (unpaired) electrons. The lowest BCUT2D eigenvalue weighted by molar-refractivity contribution is 0.102. The van der Waals surface area contributed by atoms with Crippen LogP contribution in [-0.4, -0.2) is 49.8 Å². The van der Waals surface area contributed by atoms with Crippen molar-refractivity contribution in [3.63, 3.8) is 0 Å². The van der Waals surface area contributed by atoms with Gasteiger partial charge in [-0.25, -0.2) is 4.98 Å². The van der Waals surface area contributed by atoms with E-state index in [1.165, 1.54) is 0 Å². The highest BCUT2D eigenvalue weighted by molar-refractivity contribution is 6.04. The van der Waals surface area contributed by atoms with Crippen molar-refractivity contribution in [1.82, 2.24) is 4.98 Å². The van der Waals surface area contributed by atoms with Gasteiger partial charge in [-0.1, -0.05) is 0 Å². The Morgan fingerprint density at radius 2 is 1.89 bits per heavy atom. The molecule has 1 saturated heterocycles. The van der Waals surface area contributed by atoms with Crippen LogP contribution < -0.4 is 15.1 Å². The summed E-state index contributed by atoms with van der Waals surface area (Å²) in [7, 11) is 0. The van der Waals surface area contributed by atoms with Crippen molar-refractivity contribution in [1.29, 1.82) is 0 Å². The van der Waals surface area contributed by atoms with Gasteiger partial charge in [0, 0.05) is 36.9 Å². The molecule has 6 nitrogen and oxygen atoms in total. The zero-order chi connectivity index (χ0) is 19.2. The summed E-state index contributed by atoms with van der Waals surface area (Å²) >= 11 is 0. The molecule has 1 N–H and O–H groups in total. The van der Waals surface area contributed by atoms with Crippen molar-refractivity contribution in [2.75, 3.05) is 48.0 Å². The van der Waals surface area contributed by atoms with Crippen LogP contribution in [0.5, 0.6) is 0 Å². The van der Waals surface area contributed by atoms with Gasteiger partial charge in [0.25, 0.3) is 5.91 Å². The number of hydrogen-bond acceptors (Lipinski definition) is 5. The smallest absolute Gasteiger partial charge is 0.255 e. The van der Waals surface area contributed by atoms with Crippen LogP contribution in [0.4, 0.5) is 17.2 Å². The maximum Gasteiger partial charge on any atom is 0.255 e. The Morgan fingerprint density at radius 1 is 1.19 bits per heavy atom. The average molecular weight is 368 g/mol. The Balaban J connectivity index is 1.63. The molecule has 2 aromatic rings. The summed E-state index contributed by atoms with van der Waals surface area (Å²) in [6.45, 7) is 10.5. The number of morpholine rings is 1. The largest absolute Gasteiger partial charge is 0.378 e. The summed E-state index contributed by atoms with van der Waals surface area (Å²) in [5, 5.41) is 2.92. The molecular formula is C21H28N4O2. The molecule has 0 saturated carbocycles. The van der Waals surface area contributed by atoms with E-state index in [1.807, 2.05) is 36.4 Å². The monoisotopic (exact) mass is 368 g/mol. The van der Waals surface area contributed by atoms with Gasteiger partial charge < -0.3 is 19.9 Å². The molecule has 0 spiro atoms. The topological polar surface area (TPSA) is 57.7 Å². The van der Waals surface area contributed by atoms with Gasteiger partial charge in [-0.15, -0.1) is 0 Å². The van der Waals surface area contributed by atoms with Gasteiger partial charge in [0.15, 0.2) is 0 Å². The van der Waals surface area contributed by atoms with Crippen LogP contribution in [0.15, 0.2) is 42.6 Å². The molecule has 27 heavy (non-hydrogen) atoms. The number of anilines is 3. The second-order valence-corrected chi connectivity index (χ2v) is 6.89. The lowest BCUT2D eigenvalue weighted by Crippen LogP contribution is -2.36. The minimum Gasteiger partial charge on any atom is -0.378 e. The Bertz CT molecular complexity index is 738. The normalized spacial score (nSPS) is 14.3. The van der Waals surface area contributed by atoms with Crippen LogP contribution in [0.1, 0.15) is 31.1 Å². The number of ether oxygens (including phenoxy) is 1. The number of hydrogen-bond donors (Lipinski definition) is 1. The van der Waals surface area contributed by atoms with E-state index >= 15 is 0 Å². The molecule has 1 aromatic carbocycles. The van der Waals surface area contributed by atoms with Crippen molar-refractivity contribution in [3.8, 4) is 0 Å². The van der Waals surface area contributed by atoms with E-state index in [9.17, 15) is 4.79 Å². The molecular weight excluding hydrogens is 340 g/mol. The van der Waals surface area contributed by atoms with Gasteiger partial charge in [0.05, 0.1) is 25.1 Å². The number of pyridine rings is 1. The fourth-order valence-corrected chi connectivity index (χ4v) is 3.29. The number of amides is 1. The van der Waals surface area contributed by atoms with E-state index in [1.54, 1.807) is 6.20 Å². The third kappa shape index (κ3) is 4.77. The first-order valence-electron chi connectivity index (χ1n) is 9.55. The highest BCUT2D eigenvalue weighted by atomic mass is 16.5. The molecule has 0 atom stereocenters. The molecule has 0 unspecified atom stereocenters. The molecule has 0 aliphatic carbocycles. The van der Waals surface area contributed by atoms with Crippen molar-refractivity contribution in [2.45, 2.75) is 26.8 Å². The second kappa shape index (κ2) is 8.86. The van der Waals surface area contributed by atoms with E-state index < -0.39 is 0 Å². The van der Waals surface area contributed by atoms with Gasteiger partial charge in [-0.3, -0.25) is 4.79 Å². The Hall–Kier alpha value is -2.60. The second-order valence-electron chi connectivity index (χ2n) is 6.89. The minimum absolute atomic E-state index is 0.130. The van der Waals surface area contributed by atoms with Gasteiger partial charge in [0.2, 0.25) is 0 Å². The third-order valence-corrected chi connectivity index (χ3v) is 4.77. The van der Waals surface area contributed by atoms with Crippen LogP contribution in [0.3, 0.4) is 0 Å². The van der Waals surface area contributed by atoms with Gasteiger partial charge in [0.1, 0.15) is 5.82 Å². The van der Waals surface area contributed by atoms with E-state index in [0.717, 1.165) is 44.4 Å². The number of aromatic nitrogens is 1. The van der Waals surface area contributed by atoms with Crippen LogP contribution >= 0.6 is 0 Å². The molecule has 0 bridgehead atoms. The molecule has 3 rings (SSSR count). The third-order valence-electron chi connectivity index (χ3n) is 4.77. The predicted molar refractivity (Wildman–Crippen MR) is 110 cm³/mol. The molecule has 144 valence electrons. The van der Waals surface area contributed by atoms with Crippen molar-refractivity contribution < 1.29 is 9.53 Å². The molecule has 1 fully saturated rings. The Kier molecular flexibility index (Phi) is 6.29. The van der Waals surface area contributed by atoms with Gasteiger partial charge in [-0.2, -0.15) is 0 Å². The first-order chi connectivity index (χ1) is 13.1. The number of nitrogens with one attached hydrogen (secondary N) is 1. The predicted octanol–water partition coefficient (Wildman–Crippen LogP) is 3.41. The number of carbonyl (C=O) groups is 1. The molecule has 1 aliphatic rings. The van der Waals surface area contributed by atoms with E-state index in [-0.39, 0.29) is 5.91 Å². The molecule has 2 heterocycles. The molecule has 1 aliphatic heterocycles. The summed E-state index contributed by atoms with van der Waals surface area (Å²) in [6.07, 6.45) is 1.70. The van der Waals surface area contributed by atoms with Crippen molar-refractivity contribution in [3.05, 3.63) is 48.2 Å². The number of benzene rings is 1. The van der Waals surface area contributed by atoms with Crippen LogP contribution in [0.25, 0.3) is 0 Å². The van der Waals surface area contributed by atoms with Gasteiger partial charge >= 0.3 is 0 Å².